The van der Waals surface area contributed by atoms with Crippen LogP contribution in [0.2, 0.25) is 5.02 Å². The third-order valence-corrected chi connectivity index (χ3v) is 4.05. The Bertz CT molecular complexity index is 840. The van der Waals surface area contributed by atoms with Crippen molar-refractivity contribution < 1.29 is 4.84 Å². The van der Waals surface area contributed by atoms with Gasteiger partial charge in [0.25, 0.3) is 0 Å². The van der Waals surface area contributed by atoms with Crippen LogP contribution in [-0.4, -0.2) is 10.7 Å². The van der Waals surface area contributed by atoms with Crippen molar-refractivity contribution in [2.45, 2.75) is 6.61 Å². The molecule has 3 aromatic rings. The molecule has 0 aliphatic heterocycles. The number of oxime groups is 1. The van der Waals surface area contributed by atoms with Crippen molar-refractivity contribution in [1.29, 1.82) is 0 Å². The Morgan fingerprint density at radius 1 is 0.870 bits per heavy atom. The summed E-state index contributed by atoms with van der Waals surface area (Å²) in [7, 11) is 0. The summed E-state index contributed by atoms with van der Waals surface area (Å²) in [6.07, 6.45) is 1.80. The summed E-state index contributed by atoms with van der Waals surface area (Å²) < 4.78 is 0. The molecule has 0 radical (unpaired) electrons. The average Bonchev–Trinajstić information content (AvgIpc) is 2.91. The molecule has 112 valence electrons. The minimum absolute atomic E-state index is 0.401. The first kappa shape index (κ1) is 14.0. The van der Waals surface area contributed by atoms with E-state index in [4.69, 9.17) is 16.4 Å². The van der Waals surface area contributed by atoms with E-state index >= 15 is 0 Å². The summed E-state index contributed by atoms with van der Waals surface area (Å²) in [4.78, 5) is 10.1. The highest BCUT2D eigenvalue weighted by atomic mass is 35.5. The van der Waals surface area contributed by atoms with Gasteiger partial charge in [0.2, 0.25) is 0 Å². The Hall–Kier alpha value is -2.65. The molecule has 23 heavy (non-hydrogen) atoms. The quantitative estimate of drug-likeness (QED) is 0.513. The van der Waals surface area contributed by atoms with E-state index in [1.807, 2.05) is 54.6 Å². The van der Waals surface area contributed by atoms with Crippen molar-refractivity contribution in [3.8, 4) is 11.3 Å². The summed E-state index contributed by atoms with van der Waals surface area (Å²) >= 11 is 5.89. The van der Waals surface area contributed by atoms with Crippen molar-refractivity contribution in [1.82, 2.24) is 4.98 Å². The maximum Gasteiger partial charge on any atom is 0.142 e. The van der Waals surface area contributed by atoms with Crippen molar-refractivity contribution in [2.24, 2.45) is 5.16 Å². The zero-order valence-corrected chi connectivity index (χ0v) is 13.0. The number of pyridine rings is 1. The molecule has 1 aromatic heterocycles. The molecule has 0 N–H and O–H groups in total. The lowest BCUT2D eigenvalue weighted by molar-refractivity contribution is 0.131. The van der Waals surface area contributed by atoms with E-state index in [2.05, 4.69) is 16.2 Å². The molecule has 2 aromatic carbocycles. The van der Waals surface area contributed by atoms with E-state index in [9.17, 15) is 0 Å². The minimum atomic E-state index is 0.401. The number of benzene rings is 2. The monoisotopic (exact) mass is 320 g/mol. The van der Waals surface area contributed by atoms with Gasteiger partial charge in [0.15, 0.2) is 0 Å². The molecule has 0 saturated heterocycles. The van der Waals surface area contributed by atoms with E-state index in [-0.39, 0.29) is 0 Å². The summed E-state index contributed by atoms with van der Waals surface area (Å²) in [5.41, 5.74) is 5.96. The number of hydrogen-bond donors (Lipinski definition) is 0. The SMILES string of the molecule is Clc1ccc(CO/N=C2\c3ccccc3-c3ncccc32)cc1. The predicted octanol–water partition coefficient (Wildman–Crippen LogP) is 4.68. The second-order valence-corrected chi connectivity index (χ2v) is 5.72. The maximum absolute atomic E-state index is 5.89. The molecule has 3 nitrogen and oxygen atoms in total. The topological polar surface area (TPSA) is 34.5 Å². The largest absolute Gasteiger partial charge is 0.390 e. The second kappa shape index (κ2) is 5.86. The Kier molecular flexibility index (Phi) is 3.56. The normalized spacial score (nSPS) is 13.7. The zero-order chi connectivity index (χ0) is 15.6. The van der Waals surface area contributed by atoms with Crippen LogP contribution in [0.3, 0.4) is 0 Å². The Labute approximate surface area is 139 Å². The van der Waals surface area contributed by atoms with Crippen LogP contribution in [0.15, 0.2) is 72.0 Å². The highest BCUT2D eigenvalue weighted by Gasteiger charge is 2.25. The van der Waals surface area contributed by atoms with Crippen LogP contribution in [0, 0.1) is 0 Å². The summed E-state index contributed by atoms with van der Waals surface area (Å²) in [5.74, 6) is 0. The van der Waals surface area contributed by atoms with Crippen LogP contribution in [0.4, 0.5) is 0 Å². The fraction of sp³-hybridized carbons (Fsp3) is 0.0526. The van der Waals surface area contributed by atoms with Gasteiger partial charge in [0.05, 0.1) is 5.69 Å². The number of rotatable bonds is 3. The lowest BCUT2D eigenvalue weighted by Crippen LogP contribution is -2.00. The molecule has 4 rings (SSSR count). The fourth-order valence-electron chi connectivity index (χ4n) is 2.70. The van der Waals surface area contributed by atoms with Gasteiger partial charge in [-0.05, 0) is 29.8 Å². The van der Waals surface area contributed by atoms with Crippen molar-refractivity contribution in [3.63, 3.8) is 0 Å². The second-order valence-electron chi connectivity index (χ2n) is 5.28. The molecular weight excluding hydrogens is 308 g/mol. The van der Waals surface area contributed by atoms with Crippen LogP contribution in [-0.2, 0) is 11.4 Å². The molecule has 1 aliphatic carbocycles. The van der Waals surface area contributed by atoms with Gasteiger partial charge in [-0.15, -0.1) is 0 Å². The number of aromatic nitrogens is 1. The Morgan fingerprint density at radius 3 is 2.43 bits per heavy atom. The molecule has 1 heterocycles. The lowest BCUT2D eigenvalue weighted by atomic mass is 10.1. The highest BCUT2D eigenvalue weighted by molar-refractivity contribution is 6.30. The third kappa shape index (κ3) is 2.60. The minimum Gasteiger partial charge on any atom is -0.390 e. The number of nitrogens with zero attached hydrogens (tertiary/aromatic N) is 2. The first-order valence-corrected chi connectivity index (χ1v) is 7.70. The fourth-order valence-corrected chi connectivity index (χ4v) is 2.83. The van der Waals surface area contributed by atoms with Crippen LogP contribution in [0.25, 0.3) is 11.3 Å². The van der Waals surface area contributed by atoms with Gasteiger partial charge in [-0.1, -0.05) is 53.2 Å². The Morgan fingerprint density at radius 2 is 1.61 bits per heavy atom. The van der Waals surface area contributed by atoms with Gasteiger partial charge in [-0.2, -0.15) is 0 Å². The third-order valence-electron chi connectivity index (χ3n) is 3.80. The Balaban J connectivity index is 1.64. The van der Waals surface area contributed by atoms with Crippen LogP contribution in [0.1, 0.15) is 16.7 Å². The standard InChI is InChI=1S/C19H13ClN2O/c20-14-9-7-13(8-10-14)12-23-22-19-16-5-2-1-4-15(16)18-17(19)6-3-11-21-18/h1-11H,12H2/b22-19+. The number of hydrogen-bond acceptors (Lipinski definition) is 3. The number of fused-ring (bicyclic) bond motifs is 3. The van der Waals surface area contributed by atoms with Gasteiger partial charge < -0.3 is 4.84 Å². The maximum atomic E-state index is 5.89. The van der Waals surface area contributed by atoms with Gasteiger partial charge in [-0.25, -0.2) is 0 Å². The van der Waals surface area contributed by atoms with E-state index in [0.29, 0.717) is 11.6 Å². The van der Waals surface area contributed by atoms with E-state index in [0.717, 1.165) is 33.7 Å². The summed E-state index contributed by atoms with van der Waals surface area (Å²) in [6.45, 7) is 0.401. The first-order valence-electron chi connectivity index (χ1n) is 7.32. The van der Waals surface area contributed by atoms with E-state index < -0.39 is 0 Å². The van der Waals surface area contributed by atoms with Gasteiger partial charge in [0, 0.05) is 27.9 Å². The summed E-state index contributed by atoms with van der Waals surface area (Å²) in [6, 6.07) is 19.6. The van der Waals surface area contributed by atoms with Crippen molar-refractivity contribution in [3.05, 3.63) is 88.6 Å². The zero-order valence-electron chi connectivity index (χ0n) is 12.2. The lowest BCUT2D eigenvalue weighted by Gasteiger charge is -2.03. The molecular formula is C19H13ClN2O. The van der Waals surface area contributed by atoms with Crippen LogP contribution in [0.5, 0.6) is 0 Å². The smallest absolute Gasteiger partial charge is 0.142 e. The van der Waals surface area contributed by atoms with Gasteiger partial charge >= 0.3 is 0 Å². The first-order chi connectivity index (χ1) is 11.3. The molecule has 0 spiro atoms. The predicted molar refractivity (Wildman–Crippen MR) is 91.6 cm³/mol. The molecule has 0 fully saturated rings. The van der Waals surface area contributed by atoms with Crippen LogP contribution >= 0.6 is 11.6 Å². The molecule has 0 amide bonds. The van der Waals surface area contributed by atoms with Crippen LogP contribution < -0.4 is 0 Å². The average molecular weight is 321 g/mol. The molecule has 0 saturated carbocycles. The van der Waals surface area contributed by atoms with Crippen molar-refractivity contribution in [2.75, 3.05) is 0 Å². The molecule has 0 atom stereocenters. The van der Waals surface area contributed by atoms with Gasteiger partial charge in [-0.3, -0.25) is 4.98 Å². The van der Waals surface area contributed by atoms with Crippen molar-refractivity contribution >= 4 is 17.3 Å². The van der Waals surface area contributed by atoms with Gasteiger partial charge in [0.1, 0.15) is 12.3 Å². The summed E-state index contributed by atoms with van der Waals surface area (Å²) in [5, 5.41) is 5.08. The molecule has 0 bridgehead atoms. The molecule has 0 unspecified atom stereocenters. The molecule has 1 aliphatic rings. The van der Waals surface area contributed by atoms with E-state index in [1.165, 1.54) is 0 Å². The number of halogens is 1. The van der Waals surface area contributed by atoms with E-state index in [1.54, 1.807) is 6.20 Å². The highest BCUT2D eigenvalue weighted by Crippen LogP contribution is 2.34. The molecule has 4 heteroatoms.